The number of nitriles is 1. The lowest BCUT2D eigenvalue weighted by Gasteiger charge is -2.09. The second-order valence-corrected chi connectivity index (χ2v) is 4.75. The van der Waals surface area contributed by atoms with Crippen LogP contribution in [0.5, 0.6) is 0 Å². The molecule has 110 valence electrons. The molecule has 0 atom stereocenters. The topological polar surface area (TPSA) is 72.0 Å². The number of nitrogens with one attached hydrogen (secondary N) is 1. The largest absolute Gasteiger partial charge is 0.383 e. The molecule has 0 aliphatic heterocycles. The molecule has 0 saturated heterocycles. The third-order valence-electron chi connectivity index (χ3n) is 3.19. The second kappa shape index (κ2) is 6.77. The van der Waals surface area contributed by atoms with E-state index in [4.69, 9.17) is 10.00 Å². The number of methoxy groups -OCH3 is 1. The van der Waals surface area contributed by atoms with Crippen molar-refractivity contribution in [3.63, 3.8) is 0 Å². The zero-order chi connectivity index (χ0) is 15.2. The van der Waals surface area contributed by atoms with E-state index in [9.17, 15) is 4.79 Å². The van der Waals surface area contributed by atoms with E-state index >= 15 is 0 Å². The van der Waals surface area contributed by atoms with Crippen LogP contribution in [0.1, 0.15) is 11.3 Å². The van der Waals surface area contributed by atoms with Crippen LogP contribution < -0.4 is 10.9 Å². The Bertz CT molecular complexity index is 709. The van der Waals surface area contributed by atoms with Crippen LogP contribution in [0.25, 0.3) is 0 Å². The van der Waals surface area contributed by atoms with E-state index in [0.717, 1.165) is 11.3 Å². The third-order valence-corrected chi connectivity index (χ3v) is 3.19. The molecule has 0 spiro atoms. The van der Waals surface area contributed by atoms with Gasteiger partial charge in [0, 0.05) is 45.7 Å². The van der Waals surface area contributed by atoms with Crippen molar-refractivity contribution >= 4 is 5.69 Å². The Kier molecular flexibility index (Phi) is 4.80. The highest BCUT2D eigenvalue weighted by Crippen LogP contribution is 2.10. The summed E-state index contributed by atoms with van der Waals surface area (Å²) in [6.07, 6.45) is 3.68. The van der Waals surface area contributed by atoms with E-state index < -0.39 is 0 Å². The lowest BCUT2D eigenvalue weighted by molar-refractivity contribution is 0.186. The summed E-state index contributed by atoms with van der Waals surface area (Å²) >= 11 is 0. The Morgan fingerprint density at radius 2 is 2.19 bits per heavy atom. The van der Waals surface area contributed by atoms with Gasteiger partial charge in [0.1, 0.15) is 11.8 Å². The highest BCUT2D eigenvalue weighted by molar-refractivity contribution is 5.41. The normalized spacial score (nSPS) is 10.3. The van der Waals surface area contributed by atoms with Gasteiger partial charge < -0.3 is 19.2 Å². The number of aromatic nitrogens is 2. The quantitative estimate of drug-likeness (QED) is 0.869. The molecule has 2 aromatic heterocycles. The molecule has 0 saturated carbocycles. The Morgan fingerprint density at radius 1 is 1.38 bits per heavy atom. The second-order valence-electron chi connectivity index (χ2n) is 4.75. The molecule has 6 heteroatoms. The predicted octanol–water partition coefficient (Wildman–Crippen LogP) is 1.32. The zero-order valence-corrected chi connectivity index (χ0v) is 12.2. The molecule has 2 rings (SSSR count). The summed E-state index contributed by atoms with van der Waals surface area (Å²) in [5, 5.41) is 12.2. The maximum Gasteiger partial charge on any atom is 0.250 e. The van der Waals surface area contributed by atoms with Gasteiger partial charge in [-0.2, -0.15) is 5.26 Å². The number of ether oxygens (including phenoxy) is 1. The van der Waals surface area contributed by atoms with E-state index in [-0.39, 0.29) is 5.56 Å². The molecule has 21 heavy (non-hydrogen) atoms. The Morgan fingerprint density at radius 3 is 2.86 bits per heavy atom. The van der Waals surface area contributed by atoms with Gasteiger partial charge in [-0.1, -0.05) is 0 Å². The lowest BCUT2D eigenvalue weighted by atomic mass is 10.3. The zero-order valence-electron chi connectivity index (χ0n) is 12.2. The molecule has 1 N–H and O–H groups in total. The summed E-state index contributed by atoms with van der Waals surface area (Å²) < 4.78 is 8.38. The molecule has 0 bridgehead atoms. The maximum atomic E-state index is 11.7. The molecule has 0 unspecified atom stereocenters. The number of aryl methyl sites for hydroxylation is 1. The van der Waals surface area contributed by atoms with Gasteiger partial charge in [0.25, 0.3) is 5.56 Å². The van der Waals surface area contributed by atoms with E-state index in [1.807, 2.05) is 19.3 Å². The standard InChI is InChI=1S/C15H18N4O2/c1-18-10-12(7-14(18)8-16)9-17-13-3-4-15(20)19(11-13)5-6-21-2/h3-4,7,10-11,17H,5-6,9H2,1-2H3. The first-order valence-corrected chi connectivity index (χ1v) is 6.62. The number of rotatable bonds is 6. The first-order chi connectivity index (χ1) is 10.1. The smallest absolute Gasteiger partial charge is 0.250 e. The molecular formula is C15H18N4O2. The number of pyridine rings is 1. The molecule has 0 radical (unpaired) electrons. The summed E-state index contributed by atoms with van der Waals surface area (Å²) in [5.74, 6) is 0. The van der Waals surface area contributed by atoms with Crippen molar-refractivity contribution in [3.05, 3.63) is 52.2 Å². The van der Waals surface area contributed by atoms with Gasteiger partial charge in [-0.3, -0.25) is 4.79 Å². The molecule has 0 aliphatic carbocycles. The first kappa shape index (κ1) is 14.9. The summed E-state index contributed by atoms with van der Waals surface area (Å²) in [7, 11) is 3.45. The Labute approximate surface area is 123 Å². The van der Waals surface area contributed by atoms with Crippen molar-refractivity contribution in [2.24, 2.45) is 7.05 Å². The van der Waals surface area contributed by atoms with Crippen LogP contribution in [-0.4, -0.2) is 22.9 Å². The van der Waals surface area contributed by atoms with Gasteiger partial charge in [-0.15, -0.1) is 0 Å². The fraction of sp³-hybridized carbons (Fsp3) is 0.333. The van der Waals surface area contributed by atoms with Gasteiger partial charge in [0.2, 0.25) is 0 Å². The summed E-state index contributed by atoms with van der Waals surface area (Å²) in [6.45, 7) is 1.61. The van der Waals surface area contributed by atoms with Crippen LogP contribution in [0.4, 0.5) is 5.69 Å². The molecule has 0 aromatic carbocycles. The van der Waals surface area contributed by atoms with Crippen LogP contribution in [0.3, 0.4) is 0 Å². The van der Waals surface area contributed by atoms with Crippen molar-refractivity contribution in [3.8, 4) is 6.07 Å². The van der Waals surface area contributed by atoms with Gasteiger partial charge in [0.05, 0.1) is 12.3 Å². The minimum absolute atomic E-state index is 0.0518. The minimum atomic E-state index is -0.0518. The highest BCUT2D eigenvalue weighted by atomic mass is 16.5. The lowest BCUT2D eigenvalue weighted by Crippen LogP contribution is -2.21. The van der Waals surface area contributed by atoms with Crippen molar-refractivity contribution in [2.75, 3.05) is 19.0 Å². The summed E-state index contributed by atoms with van der Waals surface area (Å²) in [5.41, 5.74) is 2.44. The van der Waals surface area contributed by atoms with Crippen LogP contribution in [0, 0.1) is 11.3 Å². The molecule has 6 nitrogen and oxygen atoms in total. The predicted molar refractivity (Wildman–Crippen MR) is 80.0 cm³/mol. The summed E-state index contributed by atoms with van der Waals surface area (Å²) in [6, 6.07) is 7.25. The van der Waals surface area contributed by atoms with E-state index in [1.54, 1.807) is 28.5 Å². The number of hydrogen-bond acceptors (Lipinski definition) is 4. The molecule has 0 aliphatic rings. The Balaban J connectivity index is 2.05. The molecule has 2 heterocycles. The Hall–Kier alpha value is -2.52. The number of nitrogens with zero attached hydrogens (tertiary/aromatic N) is 3. The fourth-order valence-electron chi connectivity index (χ4n) is 2.05. The van der Waals surface area contributed by atoms with Crippen LogP contribution in [0.2, 0.25) is 0 Å². The third kappa shape index (κ3) is 3.74. The van der Waals surface area contributed by atoms with Gasteiger partial charge >= 0.3 is 0 Å². The van der Waals surface area contributed by atoms with Crippen molar-refractivity contribution in [1.82, 2.24) is 9.13 Å². The number of anilines is 1. The highest BCUT2D eigenvalue weighted by Gasteiger charge is 2.03. The molecule has 0 amide bonds. The first-order valence-electron chi connectivity index (χ1n) is 6.62. The van der Waals surface area contributed by atoms with E-state index in [1.165, 1.54) is 6.07 Å². The van der Waals surface area contributed by atoms with Crippen molar-refractivity contribution < 1.29 is 4.74 Å². The monoisotopic (exact) mass is 286 g/mol. The SMILES string of the molecule is COCCn1cc(NCc2cc(C#N)n(C)c2)ccc1=O. The van der Waals surface area contributed by atoms with Crippen LogP contribution in [0.15, 0.2) is 35.4 Å². The van der Waals surface area contributed by atoms with Crippen LogP contribution >= 0.6 is 0 Å². The number of hydrogen-bond donors (Lipinski definition) is 1. The molecule has 2 aromatic rings. The maximum absolute atomic E-state index is 11.7. The average molecular weight is 286 g/mol. The summed E-state index contributed by atoms with van der Waals surface area (Å²) in [4.78, 5) is 11.7. The minimum Gasteiger partial charge on any atom is -0.383 e. The van der Waals surface area contributed by atoms with Gasteiger partial charge in [-0.25, -0.2) is 0 Å². The van der Waals surface area contributed by atoms with E-state index in [2.05, 4.69) is 11.4 Å². The van der Waals surface area contributed by atoms with Gasteiger partial charge in [-0.05, 0) is 17.7 Å². The van der Waals surface area contributed by atoms with Crippen molar-refractivity contribution in [1.29, 1.82) is 5.26 Å². The van der Waals surface area contributed by atoms with Crippen LogP contribution in [-0.2, 0) is 24.9 Å². The fourth-order valence-corrected chi connectivity index (χ4v) is 2.05. The van der Waals surface area contributed by atoms with Gasteiger partial charge in [0.15, 0.2) is 0 Å². The molecule has 0 fully saturated rings. The average Bonchev–Trinajstić information content (AvgIpc) is 2.85. The molecular weight excluding hydrogens is 268 g/mol. The van der Waals surface area contributed by atoms with Crippen molar-refractivity contribution in [2.45, 2.75) is 13.1 Å². The van der Waals surface area contributed by atoms with E-state index in [0.29, 0.717) is 25.4 Å².